The highest BCUT2D eigenvalue weighted by Crippen LogP contribution is 2.20. The Bertz CT molecular complexity index is 598. The fraction of sp³-hybridized carbons (Fsp3) is 0.389. The van der Waals surface area contributed by atoms with Crippen molar-refractivity contribution >= 4 is 17.2 Å². The summed E-state index contributed by atoms with van der Waals surface area (Å²) in [6.07, 6.45) is 2.46. The van der Waals surface area contributed by atoms with Crippen molar-refractivity contribution in [2.24, 2.45) is 0 Å². The van der Waals surface area contributed by atoms with E-state index >= 15 is 0 Å². The molecule has 0 aliphatic carbocycles. The summed E-state index contributed by atoms with van der Waals surface area (Å²) in [5, 5.41) is 5.15. The molecule has 0 fully saturated rings. The van der Waals surface area contributed by atoms with Gasteiger partial charge in [0.1, 0.15) is 0 Å². The first kappa shape index (κ1) is 15.8. The summed E-state index contributed by atoms with van der Waals surface area (Å²) in [5.74, 6) is 0.144. The van der Waals surface area contributed by atoms with E-state index in [-0.39, 0.29) is 5.91 Å². The van der Waals surface area contributed by atoms with E-state index in [2.05, 4.69) is 55.7 Å². The zero-order valence-corrected chi connectivity index (χ0v) is 13.8. The minimum absolute atomic E-state index is 0.144. The molecule has 0 atom stereocenters. The number of hydrogen-bond acceptors (Lipinski definition) is 2. The van der Waals surface area contributed by atoms with Crippen LogP contribution in [0.5, 0.6) is 0 Å². The number of rotatable bonds is 6. The molecule has 0 spiro atoms. The largest absolute Gasteiger partial charge is 0.352 e. The molecule has 0 bridgehead atoms. The molecule has 0 saturated heterocycles. The van der Waals surface area contributed by atoms with Crippen LogP contribution in [0.1, 0.15) is 40.0 Å². The van der Waals surface area contributed by atoms with Crippen molar-refractivity contribution in [3.63, 3.8) is 0 Å². The monoisotopic (exact) mass is 301 g/mol. The van der Waals surface area contributed by atoms with Crippen LogP contribution in [0.15, 0.2) is 29.6 Å². The molecule has 21 heavy (non-hydrogen) atoms. The maximum Gasteiger partial charge on any atom is 0.220 e. The van der Waals surface area contributed by atoms with Crippen molar-refractivity contribution in [1.82, 2.24) is 5.32 Å². The molecule has 1 aromatic heterocycles. The molecule has 2 nitrogen and oxygen atoms in total. The molecule has 1 heterocycles. The van der Waals surface area contributed by atoms with E-state index in [1.165, 1.54) is 27.1 Å². The van der Waals surface area contributed by atoms with Gasteiger partial charge in [-0.25, -0.2) is 0 Å². The molecule has 112 valence electrons. The molecule has 1 amide bonds. The second-order valence-corrected chi connectivity index (χ2v) is 6.64. The summed E-state index contributed by atoms with van der Waals surface area (Å²) in [6.45, 7) is 6.97. The third kappa shape index (κ3) is 4.71. The van der Waals surface area contributed by atoms with Crippen molar-refractivity contribution in [3.8, 4) is 0 Å². The Hall–Kier alpha value is -1.61. The molecular formula is C18H23NOS. The molecule has 0 radical (unpaired) electrons. The number of nitrogens with one attached hydrogen (secondary N) is 1. The van der Waals surface area contributed by atoms with E-state index in [0.29, 0.717) is 13.0 Å². The Kier molecular flexibility index (Phi) is 5.57. The lowest BCUT2D eigenvalue weighted by molar-refractivity contribution is -0.121. The van der Waals surface area contributed by atoms with Gasteiger partial charge >= 0.3 is 0 Å². The number of amides is 1. The molecule has 0 aliphatic heterocycles. The zero-order chi connectivity index (χ0) is 15.2. The average molecular weight is 301 g/mol. The lowest BCUT2D eigenvalue weighted by atomic mass is 10.1. The first-order valence-corrected chi connectivity index (χ1v) is 8.30. The van der Waals surface area contributed by atoms with Gasteiger partial charge in [-0.2, -0.15) is 0 Å². The zero-order valence-electron chi connectivity index (χ0n) is 13.0. The van der Waals surface area contributed by atoms with E-state index in [1.807, 2.05) is 0 Å². The first-order valence-electron chi connectivity index (χ1n) is 7.42. The Morgan fingerprint density at radius 2 is 1.86 bits per heavy atom. The van der Waals surface area contributed by atoms with Gasteiger partial charge in [0, 0.05) is 17.8 Å². The lowest BCUT2D eigenvalue weighted by Crippen LogP contribution is -2.22. The van der Waals surface area contributed by atoms with Gasteiger partial charge in [-0.3, -0.25) is 4.79 Å². The highest BCUT2D eigenvalue weighted by atomic mass is 32.1. The van der Waals surface area contributed by atoms with Crippen molar-refractivity contribution in [2.45, 2.75) is 46.6 Å². The number of hydrogen-bond donors (Lipinski definition) is 1. The molecule has 1 N–H and O–H groups in total. The van der Waals surface area contributed by atoms with E-state index in [4.69, 9.17) is 0 Å². The van der Waals surface area contributed by atoms with Gasteiger partial charge in [0.15, 0.2) is 0 Å². The van der Waals surface area contributed by atoms with E-state index in [0.717, 1.165) is 12.8 Å². The van der Waals surface area contributed by atoms with E-state index in [1.54, 1.807) is 11.3 Å². The third-order valence-electron chi connectivity index (χ3n) is 3.85. The van der Waals surface area contributed by atoms with Crippen molar-refractivity contribution in [3.05, 3.63) is 56.8 Å². The highest BCUT2D eigenvalue weighted by molar-refractivity contribution is 7.10. The van der Waals surface area contributed by atoms with Crippen LogP contribution < -0.4 is 5.32 Å². The summed E-state index contributed by atoms with van der Waals surface area (Å²) < 4.78 is 0. The van der Waals surface area contributed by atoms with Crippen LogP contribution in [0.2, 0.25) is 0 Å². The molecule has 2 aromatic rings. The minimum Gasteiger partial charge on any atom is -0.352 e. The standard InChI is InChI=1S/C18H23NOS/c1-13-7-9-16(10-8-13)5-4-6-18(20)19-11-17-12-21-15(3)14(17)2/h7-10,12H,4-6,11H2,1-3H3,(H,19,20). The number of aryl methyl sites for hydroxylation is 3. The van der Waals surface area contributed by atoms with Gasteiger partial charge in [0.25, 0.3) is 0 Å². The summed E-state index contributed by atoms with van der Waals surface area (Å²) in [4.78, 5) is 13.2. The topological polar surface area (TPSA) is 29.1 Å². The van der Waals surface area contributed by atoms with Crippen LogP contribution in [0, 0.1) is 20.8 Å². The summed E-state index contributed by atoms with van der Waals surface area (Å²) in [5.41, 5.74) is 5.12. The quantitative estimate of drug-likeness (QED) is 0.846. The average Bonchev–Trinajstić information content (AvgIpc) is 2.79. The van der Waals surface area contributed by atoms with Crippen molar-refractivity contribution in [2.75, 3.05) is 0 Å². The fourth-order valence-corrected chi connectivity index (χ4v) is 3.11. The van der Waals surface area contributed by atoms with E-state index in [9.17, 15) is 4.79 Å². The summed E-state index contributed by atoms with van der Waals surface area (Å²) in [6, 6.07) is 8.53. The maximum atomic E-state index is 11.9. The number of carbonyl (C=O) groups excluding carboxylic acids is 1. The third-order valence-corrected chi connectivity index (χ3v) is 4.92. The van der Waals surface area contributed by atoms with Gasteiger partial charge < -0.3 is 5.32 Å². The number of benzene rings is 1. The van der Waals surface area contributed by atoms with Crippen LogP contribution in [-0.4, -0.2) is 5.91 Å². The molecule has 0 saturated carbocycles. The Balaban J connectivity index is 1.70. The number of carbonyl (C=O) groups is 1. The van der Waals surface area contributed by atoms with Crippen LogP contribution >= 0.6 is 11.3 Å². The SMILES string of the molecule is Cc1ccc(CCCC(=O)NCc2csc(C)c2C)cc1. The molecule has 3 heteroatoms. The lowest BCUT2D eigenvalue weighted by Gasteiger charge is -2.06. The second-order valence-electron chi connectivity index (χ2n) is 5.56. The summed E-state index contributed by atoms with van der Waals surface area (Å²) in [7, 11) is 0. The molecule has 0 aliphatic rings. The van der Waals surface area contributed by atoms with Crippen molar-refractivity contribution in [1.29, 1.82) is 0 Å². The van der Waals surface area contributed by atoms with Gasteiger partial charge in [-0.05, 0) is 55.7 Å². The van der Waals surface area contributed by atoms with Gasteiger partial charge in [-0.15, -0.1) is 11.3 Å². The Morgan fingerprint density at radius 1 is 1.14 bits per heavy atom. The van der Waals surface area contributed by atoms with Crippen LogP contribution in [0.4, 0.5) is 0 Å². The maximum absolute atomic E-state index is 11.9. The first-order chi connectivity index (χ1) is 10.1. The molecule has 1 aromatic carbocycles. The van der Waals surface area contributed by atoms with Gasteiger partial charge in [-0.1, -0.05) is 29.8 Å². The number of thiophene rings is 1. The van der Waals surface area contributed by atoms with Gasteiger partial charge in [0.2, 0.25) is 5.91 Å². The highest BCUT2D eigenvalue weighted by Gasteiger charge is 2.06. The molecule has 0 unspecified atom stereocenters. The predicted molar refractivity (Wildman–Crippen MR) is 89.8 cm³/mol. The van der Waals surface area contributed by atoms with Crippen LogP contribution in [0.25, 0.3) is 0 Å². The fourth-order valence-electron chi connectivity index (χ4n) is 2.23. The summed E-state index contributed by atoms with van der Waals surface area (Å²) >= 11 is 1.75. The normalized spacial score (nSPS) is 10.6. The Morgan fingerprint density at radius 3 is 2.48 bits per heavy atom. The van der Waals surface area contributed by atoms with Crippen molar-refractivity contribution < 1.29 is 4.79 Å². The second kappa shape index (κ2) is 7.41. The molecule has 2 rings (SSSR count). The minimum atomic E-state index is 0.144. The van der Waals surface area contributed by atoms with Crippen LogP contribution in [-0.2, 0) is 17.8 Å². The molecular weight excluding hydrogens is 278 g/mol. The predicted octanol–water partition coefficient (Wildman–Crippen LogP) is 4.31. The smallest absolute Gasteiger partial charge is 0.220 e. The van der Waals surface area contributed by atoms with E-state index < -0.39 is 0 Å². The van der Waals surface area contributed by atoms with Gasteiger partial charge in [0.05, 0.1) is 0 Å². The van der Waals surface area contributed by atoms with Crippen LogP contribution in [0.3, 0.4) is 0 Å². The Labute approximate surface area is 131 Å².